The third-order valence-corrected chi connectivity index (χ3v) is 6.72. The van der Waals surface area contributed by atoms with Crippen LogP contribution < -0.4 is 0 Å². The zero-order valence-electron chi connectivity index (χ0n) is 14.3. The molecule has 1 atom stereocenters. The van der Waals surface area contributed by atoms with Gasteiger partial charge in [-0.25, -0.2) is 13.4 Å². The quantitative estimate of drug-likeness (QED) is 0.715. The van der Waals surface area contributed by atoms with Crippen LogP contribution in [0.4, 0.5) is 0 Å². The average Bonchev–Trinajstić information content (AvgIpc) is 3.28. The van der Waals surface area contributed by atoms with E-state index in [-0.39, 0.29) is 16.7 Å². The summed E-state index contributed by atoms with van der Waals surface area (Å²) in [5.41, 5.74) is 2.23. The molecule has 26 heavy (non-hydrogen) atoms. The lowest BCUT2D eigenvalue weighted by Crippen LogP contribution is -2.31. The monoisotopic (exact) mass is 369 g/mol. The molecule has 1 fully saturated rings. The van der Waals surface area contributed by atoms with Crippen LogP contribution in [0.25, 0.3) is 11.0 Å². The molecule has 0 saturated carbocycles. The van der Waals surface area contributed by atoms with Crippen molar-refractivity contribution in [2.45, 2.75) is 30.7 Å². The summed E-state index contributed by atoms with van der Waals surface area (Å²) in [6, 6.07) is 13.5. The number of aromatic nitrogens is 2. The van der Waals surface area contributed by atoms with E-state index in [0.717, 1.165) is 23.9 Å². The van der Waals surface area contributed by atoms with Crippen LogP contribution in [0.2, 0.25) is 0 Å². The molecule has 6 nitrogen and oxygen atoms in total. The van der Waals surface area contributed by atoms with Gasteiger partial charge in [0.25, 0.3) is 0 Å². The molecule has 0 bridgehead atoms. The molecule has 1 saturated heterocycles. The summed E-state index contributed by atoms with van der Waals surface area (Å²) in [5, 5.41) is 0. The zero-order valence-corrected chi connectivity index (χ0v) is 15.2. The van der Waals surface area contributed by atoms with Gasteiger partial charge in [0.15, 0.2) is 5.78 Å². The minimum Gasteiger partial charge on any atom is -0.341 e. The summed E-state index contributed by atoms with van der Waals surface area (Å²) < 4.78 is 27.7. The highest BCUT2D eigenvalue weighted by molar-refractivity contribution is 7.89. The lowest BCUT2D eigenvalue weighted by Gasteiger charge is -2.22. The van der Waals surface area contributed by atoms with Crippen LogP contribution in [0.5, 0.6) is 0 Å². The molecule has 0 spiro atoms. The number of nitrogens with zero attached hydrogens (tertiary/aromatic N) is 2. The Morgan fingerprint density at radius 1 is 1.15 bits per heavy atom. The second-order valence-electron chi connectivity index (χ2n) is 6.49. The zero-order chi connectivity index (χ0) is 18.3. The molecular formula is C19H19N3O3S. The van der Waals surface area contributed by atoms with Crippen molar-refractivity contribution in [3.8, 4) is 0 Å². The number of rotatable bonds is 4. The van der Waals surface area contributed by atoms with Gasteiger partial charge in [0.1, 0.15) is 5.82 Å². The smallest absolute Gasteiger partial charge is 0.243 e. The van der Waals surface area contributed by atoms with E-state index >= 15 is 0 Å². The van der Waals surface area contributed by atoms with E-state index in [9.17, 15) is 13.2 Å². The molecule has 4 rings (SSSR count). The van der Waals surface area contributed by atoms with Gasteiger partial charge in [0, 0.05) is 12.1 Å². The number of imidazole rings is 1. The lowest BCUT2D eigenvalue weighted by molar-refractivity contribution is 0.101. The molecule has 1 aliphatic heterocycles. The molecule has 0 amide bonds. The molecule has 0 radical (unpaired) electrons. The third kappa shape index (κ3) is 2.83. The highest BCUT2D eigenvalue weighted by Crippen LogP contribution is 2.36. The summed E-state index contributed by atoms with van der Waals surface area (Å²) in [6.45, 7) is 1.92. The van der Waals surface area contributed by atoms with Gasteiger partial charge in [-0.05, 0) is 44.0 Å². The van der Waals surface area contributed by atoms with Crippen LogP contribution in [0.1, 0.15) is 42.0 Å². The molecule has 2 aromatic carbocycles. The predicted molar refractivity (Wildman–Crippen MR) is 98.4 cm³/mol. The third-order valence-electron chi connectivity index (χ3n) is 4.79. The number of para-hydroxylation sites is 2. The van der Waals surface area contributed by atoms with E-state index in [4.69, 9.17) is 0 Å². The Morgan fingerprint density at radius 2 is 1.88 bits per heavy atom. The Bertz CT molecular complexity index is 1040. The van der Waals surface area contributed by atoms with Crippen molar-refractivity contribution in [1.82, 2.24) is 14.3 Å². The van der Waals surface area contributed by atoms with Crippen LogP contribution in [0.15, 0.2) is 53.4 Å². The Labute approximate surface area is 151 Å². The fraction of sp³-hybridized carbons (Fsp3) is 0.263. The van der Waals surface area contributed by atoms with Crippen molar-refractivity contribution in [2.24, 2.45) is 0 Å². The van der Waals surface area contributed by atoms with Crippen molar-refractivity contribution in [1.29, 1.82) is 0 Å². The number of H-pyrrole nitrogens is 1. The lowest BCUT2D eigenvalue weighted by atomic mass is 10.2. The second-order valence-corrected chi connectivity index (χ2v) is 8.38. The van der Waals surface area contributed by atoms with Crippen LogP contribution in [0, 0.1) is 0 Å². The van der Waals surface area contributed by atoms with E-state index in [1.165, 1.54) is 23.4 Å². The van der Waals surface area contributed by atoms with Crippen molar-refractivity contribution in [3.63, 3.8) is 0 Å². The Morgan fingerprint density at radius 3 is 2.58 bits per heavy atom. The number of aromatic amines is 1. The van der Waals surface area contributed by atoms with Gasteiger partial charge in [-0.2, -0.15) is 4.31 Å². The summed E-state index contributed by atoms with van der Waals surface area (Å²) in [6.07, 6.45) is 1.51. The number of sulfonamides is 1. The predicted octanol–water partition coefficient (Wildman–Crippen LogP) is 3.29. The summed E-state index contributed by atoms with van der Waals surface area (Å²) in [5.74, 6) is 0.586. The van der Waals surface area contributed by atoms with Gasteiger partial charge >= 0.3 is 0 Å². The van der Waals surface area contributed by atoms with E-state index in [1.54, 1.807) is 12.1 Å². The van der Waals surface area contributed by atoms with Gasteiger partial charge < -0.3 is 4.98 Å². The Kier molecular flexibility index (Phi) is 4.13. The Hall–Kier alpha value is -2.51. The first-order chi connectivity index (χ1) is 12.5. The van der Waals surface area contributed by atoms with E-state index < -0.39 is 10.0 Å². The van der Waals surface area contributed by atoms with E-state index in [0.29, 0.717) is 17.9 Å². The number of carbonyl (C=O) groups excluding carboxylic acids is 1. The molecule has 1 N–H and O–H groups in total. The summed E-state index contributed by atoms with van der Waals surface area (Å²) >= 11 is 0. The standard InChI is InChI=1S/C19H19N3O3S/c1-13(23)14-8-10-15(11-9-14)26(24,25)22-12-4-7-18(22)19-20-16-5-2-3-6-17(16)21-19/h2-3,5-6,8-11,18H,4,7,12H2,1H3,(H,20,21)/t18-/m0/s1. The van der Waals surface area contributed by atoms with Crippen LogP contribution in [-0.4, -0.2) is 35.0 Å². The first-order valence-electron chi connectivity index (χ1n) is 8.54. The van der Waals surface area contributed by atoms with Crippen molar-refractivity contribution >= 4 is 26.8 Å². The normalized spacial score (nSPS) is 18.4. The largest absolute Gasteiger partial charge is 0.341 e. The average molecular weight is 369 g/mol. The number of Topliss-reactive ketones (excluding diaryl/α,β-unsaturated/α-hetero) is 1. The molecule has 0 unspecified atom stereocenters. The van der Waals surface area contributed by atoms with Gasteiger partial charge in [0.2, 0.25) is 10.0 Å². The number of nitrogens with one attached hydrogen (secondary N) is 1. The molecule has 0 aliphatic carbocycles. The number of hydrogen-bond acceptors (Lipinski definition) is 4. The van der Waals surface area contributed by atoms with Crippen molar-refractivity contribution in [3.05, 3.63) is 59.9 Å². The van der Waals surface area contributed by atoms with Crippen LogP contribution in [0.3, 0.4) is 0 Å². The molecule has 2 heterocycles. The first kappa shape index (κ1) is 16.9. The Balaban J connectivity index is 1.69. The fourth-order valence-electron chi connectivity index (χ4n) is 3.43. The maximum atomic E-state index is 13.1. The van der Waals surface area contributed by atoms with E-state index in [2.05, 4.69) is 9.97 Å². The fourth-order valence-corrected chi connectivity index (χ4v) is 5.09. The SMILES string of the molecule is CC(=O)c1ccc(S(=O)(=O)N2CCC[C@H]2c2nc3ccccc3[nH]2)cc1. The molecule has 3 aromatic rings. The van der Waals surface area contributed by atoms with Crippen molar-refractivity contribution in [2.75, 3.05) is 6.54 Å². The molecule has 1 aliphatic rings. The summed E-state index contributed by atoms with van der Waals surface area (Å²) in [4.78, 5) is 19.4. The molecular weight excluding hydrogens is 350 g/mol. The second kappa shape index (κ2) is 6.34. The molecule has 7 heteroatoms. The molecule has 1 aromatic heterocycles. The number of ketones is 1. The van der Waals surface area contributed by atoms with E-state index in [1.807, 2.05) is 24.3 Å². The maximum Gasteiger partial charge on any atom is 0.243 e. The minimum atomic E-state index is -3.65. The van der Waals surface area contributed by atoms with Gasteiger partial charge in [-0.15, -0.1) is 0 Å². The number of carbonyl (C=O) groups is 1. The molecule has 134 valence electrons. The highest BCUT2D eigenvalue weighted by Gasteiger charge is 2.37. The minimum absolute atomic E-state index is 0.0877. The van der Waals surface area contributed by atoms with Crippen LogP contribution in [-0.2, 0) is 10.0 Å². The van der Waals surface area contributed by atoms with Crippen molar-refractivity contribution < 1.29 is 13.2 Å². The van der Waals surface area contributed by atoms with Crippen LogP contribution >= 0.6 is 0 Å². The topological polar surface area (TPSA) is 83.1 Å². The van der Waals surface area contributed by atoms with Gasteiger partial charge in [0.05, 0.1) is 22.0 Å². The maximum absolute atomic E-state index is 13.1. The summed E-state index contributed by atoms with van der Waals surface area (Å²) in [7, 11) is -3.65. The number of fused-ring (bicyclic) bond motifs is 1. The number of hydrogen-bond donors (Lipinski definition) is 1. The highest BCUT2D eigenvalue weighted by atomic mass is 32.2. The van der Waals surface area contributed by atoms with Gasteiger partial charge in [-0.3, -0.25) is 4.79 Å². The van der Waals surface area contributed by atoms with Gasteiger partial charge in [-0.1, -0.05) is 24.3 Å². The number of benzene rings is 2. The first-order valence-corrected chi connectivity index (χ1v) is 9.98.